The fraction of sp³-hybridized carbons (Fsp3) is 0.308. The highest BCUT2D eigenvalue weighted by Crippen LogP contribution is 2.22. The van der Waals surface area contributed by atoms with Gasteiger partial charge in [-0.3, -0.25) is 19.5 Å². The van der Waals surface area contributed by atoms with Gasteiger partial charge in [-0.1, -0.05) is 0 Å². The van der Waals surface area contributed by atoms with Crippen LogP contribution in [0, 0.1) is 17.0 Å². The molecule has 11 heteroatoms. The highest BCUT2D eigenvalue weighted by molar-refractivity contribution is 5.88. The van der Waals surface area contributed by atoms with Gasteiger partial charge < -0.3 is 0 Å². The largest absolute Gasteiger partial charge is 0.309 e. The van der Waals surface area contributed by atoms with Crippen LogP contribution in [0.5, 0.6) is 0 Å². The number of hydrogen-bond acceptors (Lipinski definition) is 7. The summed E-state index contributed by atoms with van der Waals surface area (Å²) >= 11 is 0. The van der Waals surface area contributed by atoms with Gasteiger partial charge in [-0.25, -0.2) is 14.5 Å². The predicted molar refractivity (Wildman–Crippen MR) is 82.5 cm³/mol. The maximum atomic E-state index is 11.0. The summed E-state index contributed by atoms with van der Waals surface area (Å²) in [6.07, 6.45) is 4.65. The van der Waals surface area contributed by atoms with Crippen molar-refractivity contribution in [2.24, 2.45) is 7.05 Å². The molecule has 0 aliphatic carbocycles. The van der Waals surface area contributed by atoms with Crippen LogP contribution in [0.1, 0.15) is 24.5 Å². The molecule has 4 aromatic heterocycles. The molecular formula is C13H13N9O2. The van der Waals surface area contributed by atoms with Gasteiger partial charge in [0.1, 0.15) is 24.3 Å². The van der Waals surface area contributed by atoms with E-state index in [1.807, 2.05) is 6.92 Å². The Bertz CT molecular complexity index is 1090. The lowest BCUT2D eigenvalue weighted by Gasteiger charge is -2.06. The summed E-state index contributed by atoms with van der Waals surface area (Å²) in [5.74, 6) is 0.491. The zero-order valence-corrected chi connectivity index (χ0v) is 13.2. The minimum Gasteiger partial charge on any atom is -0.258 e. The SMILES string of the molecule is Cc1nn(C(C)c2nc3c4cnn(C)c4ncn3n2)cc1[N+](=O)[O-]. The zero-order valence-electron chi connectivity index (χ0n) is 13.2. The van der Waals surface area contributed by atoms with Crippen LogP contribution in [0.15, 0.2) is 18.7 Å². The first kappa shape index (κ1) is 14.2. The lowest BCUT2D eigenvalue weighted by Crippen LogP contribution is -2.09. The Kier molecular flexibility index (Phi) is 2.85. The first-order chi connectivity index (χ1) is 11.5. The van der Waals surface area contributed by atoms with E-state index in [0.29, 0.717) is 22.8 Å². The minimum atomic E-state index is -0.453. The fourth-order valence-electron chi connectivity index (χ4n) is 2.60. The second-order valence-electron chi connectivity index (χ2n) is 5.50. The molecule has 0 radical (unpaired) electrons. The van der Waals surface area contributed by atoms with Crippen molar-refractivity contribution in [3.63, 3.8) is 0 Å². The second kappa shape index (κ2) is 4.81. The molecule has 24 heavy (non-hydrogen) atoms. The monoisotopic (exact) mass is 327 g/mol. The van der Waals surface area contributed by atoms with E-state index in [9.17, 15) is 10.1 Å². The van der Waals surface area contributed by atoms with E-state index >= 15 is 0 Å². The van der Waals surface area contributed by atoms with Crippen molar-refractivity contribution < 1.29 is 4.92 Å². The van der Waals surface area contributed by atoms with Crippen LogP contribution in [-0.2, 0) is 7.05 Å². The van der Waals surface area contributed by atoms with Gasteiger partial charge in [0.05, 0.1) is 16.5 Å². The molecule has 4 aromatic rings. The van der Waals surface area contributed by atoms with Crippen LogP contribution in [0.25, 0.3) is 16.7 Å². The Morgan fingerprint density at radius 2 is 2.08 bits per heavy atom. The lowest BCUT2D eigenvalue weighted by molar-refractivity contribution is -0.385. The summed E-state index contributed by atoms with van der Waals surface area (Å²) < 4.78 is 4.73. The minimum absolute atomic E-state index is 0.0260. The average Bonchev–Trinajstić information content (AvgIpc) is 3.22. The molecule has 1 unspecified atom stereocenters. The van der Waals surface area contributed by atoms with E-state index < -0.39 is 4.92 Å². The Hall–Kier alpha value is -3.37. The Labute approximate surface area is 134 Å². The first-order valence-electron chi connectivity index (χ1n) is 7.19. The van der Waals surface area contributed by atoms with Crippen molar-refractivity contribution in [1.82, 2.24) is 39.1 Å². The molecule has 0 spiro atoms. The number of aryl methyl sites for hydroxylation is 2. The second-order valence-corrected chi connectivity index (χ2v) is 5.50. The highest BCUT2D eigenvalue weighted by atomic mass is 16.6. The van der Waals surface area contributed by atoms with Gasteiger partial charge in [-0.2, -0.15) is 10.2 Å². The average molecular weight is 327 g/mol. The molecular weight excluding hydrogens is 314 g/mol. The van der Waals surface area contributed by atoms with E-state index in [4.69, 9.17) is 0 Å². The lowest BCUT2D eigenvalue weighted by atomic mass is 10.3. The van der Waals surface area contributed by atoms with Gasteiger partial charge in [-0.15, -0.1) is 5.10 Å². The first-order valence-corrected chi connectivity index (χ1v) is 7.19. The molecule has 0 aliphatic rings. The van der Waals surface area contributed by atoms with Crippen molar-refractivity contribution >= 4 is 22.4 Å². The van der Waals surface area contributed by atoms with Crippen LogP contribution in [0.3, 0.4) is 0 Å². The maximum Gasteiger partial charge on any atom is 0.309 e. The van der Waals surface area contributed by atoms with Crippen molar-refractivity contribution in [2.75, 3.05) is 0 Å². The third-order valence-corrected chi connectivity index (χ3v) is 3.94. The van der Waals surface area contributed by atoms with Gasteiger partial charge in [0.25, 0.3) is 0 Å². The van der Waals surface area contributed by atoms with E-state index in [0.717, 1.165) is 5.39 Å². The molecule has 0 aliphatic heterocycles. The standard InChI is InChI=1S/C13H13N9O2/c1-7-10(22(23)24)5-20(17-7)8(2)11-16-13-9-4-15-19(3)12(9)14-6-21(13)18-11/h4-6,8H,1-3H3. The third kappa shape index (κ3) is 1.94. The zero-order chi connectivity index (χ0) is 17.0. The molecule has 122 valence electrons. The number of aromatic nitrogens is 8. The van der Waals surface area contributed by atoms with Gasteiger partial charge in [0.2, 0.25) is 0 Å². The Morgan fingerprint density at radius 1 is 1.29 bits per heavy atom. The van der Waals surface area contributed by atoms with Gasteiger partial charge in [0, 0.05) is 7.05 Å². The topological polar surface area (TPSA) is 122 Å². The van der Waals surface area contributed by atoms with Crippen molar-refractivity contribution in [1.29, 1.82) is 0 Å². The number of nitrogens with zero attached hydrogens (tertiary/aromatic N) is 9. The van der Waals surface area contributed by atoms with Crippen molar-refractivity contribution in [2.45, 2.75) is 19.9 Å². The molecule has 0 saturated heterocycles. The summed E-state index contributed by atoms with van der Waals surface area (Å²) in [7, 11) is 1.80. The smallest absolute Gasteiger partial charge is 0.258 e. The van der Waals surface area contributed by atoms with Gasteiger partial charge >= 0.3 is 5.69 Å². The maximum absolute atomic E-state index is 11.0. The summed E-state index contributed by atoms with van der Waals surface area (Å²) in [5.41, 5.74) is 1.67. The van der Waals surface area contributed by atoms with Crippen LogP contribution < -0.4 is 0 Å². The molecule has 0 aromatic carbocycles. The predicted octanol–water partition coefficient (Wildman–Crippen LogP) is 1.03. The van der Waals surface area contributed by atoms with Crippen molar-refractivity contribution in [3.05, 3.63) is 40.4 Å². The summed E-state index contributed by atoms with van der Waals surface area (Å²) in [6.45, 7) is 3.43. The number of hydrogen-bond donors (Lipinski definition) is 0. The molecule has 4 rings (SSSR count). The molecule has 0 bridgehead atoms. The molecule has 1 atom stereocenters. The number of nitro groups is 1. The summed E-state index contributed by atoms with van der Waals surface area (Å²) in [4.78, 5) is 19.4. The highest BCUT2D eigenvalue weighted by Gasteiger charge is 2.22. The number of fused-ring (bicyclic) bond motifs is 3. The molecule has 0 saturated carbocycles. The van der Waals surface area contributed by atoms with E-state index in [2.05, 4.69) is 25.3 Å². The molecule has 0 fully saturated rings. The molecule has 0 amide bonds. The quantitative estimate of drug-likeness (QED) is 0.407. The van der Waals surface area contributed by atoms with Crippen LogP contribution in [-0.4, -0.2) is 44.1 Å². The number of rotatable bonds is 3. The summed E-state index contributed by atoms with van der Waals surface area (Å²) in [6, 6.07) is -0.357. The molecule has 0 N–H and O–H groups in total. The van der Waals surface area contributed by atoms with Crippen LogP contribution >= 0.6 is 0 Å². The molecule has 4 heterocycles. The Morgan fingerprint density at radius 3 is 2.79 bits per heavy atom. The third-order valence-electron chi connectivity index (χ3n) is 3.94. The van der Waals surface area contributed by atoms with Crippen LogP contribution in [0.2, 0.25) is 0 Å². The fourth-order valence-corrected chi connectivity index (χ4v) is 2.60. The molecule has 11 nitrogen and oxygen atoms in total. The van der Waals surface area contributed by atoms with E-state index in [-0.39, 0.29) is 11.7 Å². The van der Waals surface area contributed by atoms with Gasteiger partial charge in [0.15, 0.2) is 17.1 Å². The van der Waals surface area contributed by atoms with E-state index in [1.54, 1.807) is 35.7 Å². The van der Waals surface area contributed by atoms with E-state index in [1.165, 1.54) is 10.9 Å². The van der Waals surface area contributed by atoms with Crippen molar-refractivity contribution in [3.8, 4) is 0 Å². The summed E-state index contributed by atoms with van der Waals surface area (Å²) in [5, 5.41) is 24.5. The Balaban J connectivity index is 1.82. The van der Waals surface area contributed by atoms with Crippen LogP contribution in [0.4, 0.5) is 5.69 Å². The normalized spacial score (nSPS) is 13.0. The van der Waals surface area contributed by atoms with Gasteiger partial charge in [-0.05, 0) is 13.8 Å².